The normalized spacial score (nSPS) is 10.2. The van der Waals surface area contributed by atoms with Crippen LogP contribution in [0.4, 0.5) is 0 Å². The molecule has 0 atom stereocenters. The van der Waals surface area contributed by atoms with E-state index in [9.17, 15) is 0 Å². The quantitative estimate of drug-likeness (QED) is 0.849. The summed E-state index contributed by atoms with van der Waals surface area (Å²) in [5.41, 5.74) is 1.93. The molecule has 4 heteroatoms. The van der Waals surface area contributed by atoms with Crippen molar-refractivity contribution in [1.29, 1.82) is 0 Å². The summed E-state index contributed by atoms with van der Waals surface area (Å²) in [6.45, 7) is 1.23. The number of nitrogens with zero attached hydrogens (tertiary/aromatic N) is 2. The average Bonchev–Trinajstić information content (AvgIpc) is 2.39. The number of aromatic nitrogens is 2. The van der Waals surface area contributed by atoms with Crippen molar-refractivity contribution in [3.05, 3.63) is 54.1 Å². The van der Waals surface area contributed by atoms with Crippen LogP contribution in [0.3, 0.4) is 0 Å². The molecule has 17 heavy (non-hydrogen) atoms. The first kappa shape index (κ1) is 11.5. The monoisotopic (exact) mass is 229 g/mol. The molecule has 0 aliphatic heterocycles. The second-order valence-corrected chi connectivity index (χ2v) is 3.63. The number of hydrogen-bond donors (Lipinski definition) is 1. The molecule has 2 heterocycles. The Morgan fingerprint density at radius 1 is 1.18 bits per heavy atom. The van der Waals surface area contributed by atoms with Crippen LogP contribution >= 0.6 is 0 Å². The molecule has 2 rings (SSSR count). The maximum atomic E-state index is 5.58. The molecule has 0 fully saturated rings. The van der Waals surface area contributed by atoms with Gasteiger partial charge in [0, 0.05) is 12.7 Å². The van der Waals surface area contributed by atoms with Gasteiger partial charge in [-0.15, -0.1) is 0 Å². The van der Waals surface area contributed by atoms with Crippen LogP contribution in [0.5, 0.6) is 5.75 Å². The molecular weight excluding hydrogens is 214 g/mol. The van der Waals surface area contributed by atoms with Crippen molar-refractivity contribution in [1.82, 2.24) is 15.3 Å². The largest absolute Gasteiger partial charge is 0.486 e. The van der Waals surface area contributed by atoms with Gasteiger partial charge in [0.2, 0.25) is 0 Å². The molecule has 0 spiro atoms. The number of hydrogen-bond acceptors (Lipinski definition) is 4. The summed E-state index contributed by atoms with van der Waals surface area (Å²) in [7, 11) is 1.90. The molecule has 0 aromatic carbocycles. The van der Waals surface area contributed by atoms with Crippen LogP contribution in [0.1, 0.15) is 11.4 Å². The smallest absolute Gasteiger partial charge is 0.138 e. The Morgan fingerprint density at radius 2 is 2.06 bits per heavy atom. The van der Waals surface area contributed by atoms with Gasteiger partial charge in [0.05, 0.1) is 17.6 Å². The zero-order valence-electron chi connectivity index (χ0n) is 9.76. The Balaban J connectivity index is 1.97. The molecule has 0 bridgehead atoms. The molecule has 88 valence electrons. The molecule has 0 radical (unpaired) electrons. The maximum Gasteiger partial charge on any atom is 0.138 e. The third-order valence-corrected chi connectivity index (χ3v) is 2.24. The van der Waals surface area contributed by atoms with E-state index < -0.39 is 0 Å². The molecule has 0 amide bonds. The van der Waals surface area contributed by atoms with Crippen LogP contribution in [0.2, 0.25) is 0 Å². The van der Waals surface area contributed by atoms with Gasteiger partial charge in [0.1, 0.15) is 12.4 Å². The fraction of sp³-hybridized carbons (Fsp3) is 0.231. The van der Waals surface area contributed by atoms with Crippen molar-refractivity contribution in [3.8, 4) is 5.75 Å². The first-order chi connectivity index (χ1) is 8.38. The minimum atomic E-state index is 0.462. The Hall–Kier alpha value is -1.94. The van der Waals surface area contributed by atoms with E-state index in [2.05, 4.69) is 15.3 Å². The lowest BCUT2D eigenvalue weighted by molar-refractivity contribution is 0.299. The van der Waals surface area contributed by atoms with E-state index in [4.69, 9.17) is 4.74 Å². The fourth-order valence-electron chi connectivity index (χ4n) is 1.48. The Kier molecular flexibility index (Phi) is 4.05. The highest BCUT2D eigenvalue weighted by atomic mass is 16.5. The summed E-state index contributed by atoms with van der Waals surface area (Å²) in [6.07, 6.45) is 3.41. The summed E-state index contributed by atoms with van der Waals surface area (Å²) in [6, 6.07) is 9.66. The molecule has 0 saturated carbocycles. The first-order valence-corrected chi connectivity index (χ1v) is 5.51. The summed E-state index contributed by atoms with van der Waals surface area (Å²) >= 11 is 0. The SMILES string of the molecule is CNCc1cccc(COc2cccnc2)n1. The average molecular weight is 229 g/mol. The van der Waals surface area contributed by atoms with E-state index in [1.54, 1.807) is 12.4 Å². The van der Waals surface area contributed by atoms with Crippen molar-refractivity contribution in [2.24, 2.45) is 0 Å². The zero-order chi connectivity index (χ0) is 11.9. The molecule has 2 aromatic heterocycles. The highest BCUT2D eigenvalue weighted by Gasteiger charge is 1.99. The van der Waals surface area contributed by atoms with Crippen LogP contribution in [0.25, 0.3) is 0 Å². The van der Waals surface area contributed by atoms with Crippen molar-refractivity contribution >= 4 is 0 Å². The van der Waals surface area contributed by atoms with Gasteiger partial charge in [-0.1, -0.05) is 6.07 Å². The van der Waals surface area contributed by atoms with Crippen molar-refractivity contribution in [2.45, 2.75) is 13.2 Å². The molecule has 2 aromatic rings. The molecule has 0 aliphatic rings. The third kappa shape index (κ3) is 3.53. The first-order valence-electron chi connectivity index (χ1n) is 5.51. The minimum absolute atomic E-state index is 0.462. The van der Waals surface area contributed by atoms with Gasteiger partial charge in [0.15, 0.2) is 0 Å². The lowest BCUT2D eigenvalue weighted by atomic mass is 10.3. The van der Waals surface area contributed by atoms with E-state index in [0.29, 0.717) is 6.61 Å². The highest BCUT2D eigenvalue weighted by Crippen LogP contribution is 2.09. The number of pyridine rings is 2. The molecule has 0 aliphatic carbocycles. The van der Waals surface area contributed by atoms with Gasteiger partial charge in [-0.3, -0.25) is 9.97 Å². The Bertz CT molecular complexity index is 459. The van der Waals surface area contributed by atoms with Crippen LogP contribution < -0.4 is 10.1 Å². The standard InChI is InChI=1S/C13H15N3O/c1-14-8-11-4-2-5-12(16-11)10-17-13-6-3-7-15-9-13/h2-7,9,14H,8,10H2,1H3. The number of ether oxygens (including phenoxy) is 1. The van der Waals surface area contributed by atoms with E-state index in [-0.39, 0.29) is 0 Å². The van der Waals surface area contributed by atoms with Crippen molar-refractivity contribution < 1.29 is 4.74 Å². The lowest BCUT2D eigenvalue weighted by Gasteiger charge is -2.06. The predicted octanol–water partition coefficient (Wildman–Crippen LogP) is 1.77. The van der Waals surface area contributed by atoms with E-state index >= 15 is 0 Å². The molecule has 0 saturated heterocycles. The van der Waals surface area contributed by atoms with Gasteiger partial charge in [-0.05, 0) is 31.3 Å². The molecule has 1 N–H and O–H groups in total. The molecular formula is C13H15N3O. The van der Waals surface area contributed by atoms with Gasteiger partial charge >= 0.3 is 0 Å². The van der Waals surface area contributed by atoms with Gasteiger partial charge in [-0.25, -0.2) is 0 Å². The maximum absolute atomic E-state index is 5.58. The summed E-state index contributed by atoms with van der Waals surface area (Å²) in [4.78, 5) is 8.46. The van der Waals surface area contributed by atoms with E-state index in [1.807, 2.05) is 37.4 Å². The summed E-state index contributed by atoms with van der Waals surface area (Å²) < 4.78 is 5.58. The van der Waals surface area contributed by atoms with Gasteiger partial charge in [0.25, 0.3) is 0 Å². The van der Waals surface area contributed by atoms with Crippen LogP contribution in [-0.2, 0) is 13.2 Å². The lowest BCUT2D eigenvalue weighted by Crippen LogP contribution is -2.08. The number of rotatable bonds is 5. The topological polar surface area (TPSA) is 47.0 Å². The highest BCUT2D eigenvalue weighted by molar-refractivity contribution is 5.17. The second-order valence-electron chi connectivity index (χ2n) is 3.63. The van der Waals surface area contributed by atoms with Crippen molar-refractivity contribution in [3.63, 3.8) is 0 Å². The second kappa shape index (κ2) is 5.96. The van der Waals surface area contributed by atoms with Gasteiger partial charge < -0.3 is 10.1 Å². The zero-order valence-corrected chi connectivity index (χ0v) is 9.76. The Morgan fingerprint density at radius 3 is 2.82 bits per heavy atom. The molecule has 0 unspecified atom stereocenters. The summed E-state index contributed by atoms with van der Waals surface area (Å²) in [5.74, 6) is 0.758. The third-order valence-electron chi connectivity index (χ3n) is 2.24. The van der Waals surface area contributed by atoms with Crippen LogP contribution in [0, 0.1) is 0 Å². The minimum Gasteiger partial charge on any atom is -0.486 e. The van der Waals surface area contributed by atoms with Crippen molar-refractivity contribution in [2.75, 3.05) is 7.05 Å². The Labute approximate surface area is 101 Å². The van der Waals surface area contributed by atoms with Gasteiger partial charge in [-0.2, -0.15) is 0 Å². The number of nitrogens with one attached hydrogen (secondary N) is 1. The van der Waals surface area contributed by atoms with E-state index in [1.165, 1.54) is 0 Å². The van der Waals surface area contributed by atoms with Crippen LogP contribution in [-0.4, -0.2) is 17.0 Å². The summed E-state index contributed by atoms with van der Waals surface area (Å²) in [5, 5.41) is 3.07. The fourth-order valence-corrected chi connectivity index (χ4v) is 1.48. The van der Waals surface area contributed by atoms with Crippen LogP contribution in [0.15, 0.2) is 42.7 Å². The molecule has 4 nitrogen and oxygen atoms in total. The predicted molar refractivity (Wildman–Crippen MR) is 65.6 cm³/mol. The van der Waals surface area contributed by atoms with E-state index in [0.717, 1.165) is 23.7 Å².